The van der Waals surface area contributed by atoms with Crippen LogP contribution in [0.5, 0.6) is 0 Å². The lowest BCUT2D eigenvalue weighted by atomic mass is 10.2. The van der Waals surface area contributed by atoms with E-state index in [1.807, 2.05) is 13.8 Å². The molecule has 0 aliphatic carbocycles. The zero-order valence-corrected chi connectivity index (χ0v) is 15.1. The first-order valence-corrected chi connectivity index (χ1v) is 9.27. The van der Waals surface area contributed by atoms with Gasteiger partial charge in [0.15, 0.2) is 0 Å². The van der Waals surface area contributed by atoms with Crippen molar-refractivity contribution < 1.29 is 4.42 Å². The van der Waals surface area contributed by atoms with Gasteiger partial charge in [-0.1, -0.05) is 11.8 Å². The fraction of sp³-hybridized carbons (Fsp3) is 0.188. The molecule has 0 atom stereocenters. The predicted octanol–water partition coefficient (Wildman–Crippen LogP) is 3.34. The lowest BCUT2D eigenvalue weighted by molar-refractivity contribution is 0.465. The molecular formula is C16H13N5O2S2. The second-order valence-corrected chi connectivity index (χ2v) is 7.50. The summed E-state index contributed by atoms with van der Waals surface area (Å²) in [5.41, 5.74) is 1.70. The number of H-pyrrole nitrogens is 1. The van der Waals surface area contributed by atoms with Crippen LogP contribution in [0.4, 0.5) is 0 Å². The maximum absolute atomic E-state index is 12.3. The molecule has 0 fully saturated rings. The molecule has 0 unspecified atom stereocenters. The minimum Gasteiger partial charge on any atom is -0.411 e. The molecule has 0 aliphatic heterocycles. The number of hydrogen-bond acceptors (Lipinski definition) is 8. The maximum Gasteiger partial charge on any atom is 0.277 e. The van der Waals surface area contributed by atoms with Crippen LogP contribution >= 0.6 is 23.1 Å². The standard InChI is InChI=1S/C16H13N5O2S2/c1-8-9(2)25-15-12(8)13(22)18-11(19-15)7-24-16-21-20-14(23-16)10-3-5-17-6-4-10/h3-6H,7H2,1-2H3,(H,18,19,22). The van der Waals surface area contributed by atoms with E-state index in [4.69, 9.17) is 4.42 Å². The fourth-order valence-corrected chi connectivity index (χ4v) is 4.06. The number of pyridine rings is 1. The number of aromatic nitrogens is 5. The molecule has 4 heterocycles. The molecule has 0 amide bonds. The van der Waals surface area contributed by atoms with Crippen LogP contribution in [-0.2, 0) is 5.75 Å². The van der Waals surface area contributed by atoms with Crippen molar-refractivity contribution in [2.24, 2.45) is 0 Å². The number of aryl methyl sites for hydroxylation is 2. The van der Waals surface area contributed by atoms with Crippen molar-refractivity contribution in [2.45, 2.75) is 24.8 Å². The van der Waals surface area contributed by atoms with Gasteiger partial charge in [-0.05, 0) is 31.5 Å². The maximum atomic E-state index is 12.3. The van der Waals surface area contributed by atoms with E-state index in [0.29, 0.717) is 28.1 Å². The smallest absolute Gasteiger partial charge is 0.277 e. The van der Waals surface area contributed by atoms with Gasteiger partial charge in [0.2, 0.25) is 5.89 Å². The Labute approximate surface area is 150 Å². The van der Waals surface area contributed by atoms with E-state index in [1.165, 1.54) is 23.1 Å². The van der Waals surface area contributed by atoms with E-state index in [1.54, 1.807) is 24.5 Å². The third-order valence-corrected chi connectivity index (χ3v) is 5.69. The molecule has 0 spiro atoms. The minimum absolute atomic E-state index is 0.106. The Bertz CT molecular complexity index is 1100. The SMILES string of the molecule is Cc1sc2nc(CSc3nnc(-c4ccncc4)o3)[nH]c(=O)c2c1C. The van der Waals surface area contributed by atoms with Crippen LogP contribution in [-0.4, -0.2) is 25.1 Å². The number of hydrogen-bond donors (Lipinski definition) is 1. The number of rotatable bonds is 4. The van der Waals surface area contributed by atoms with Crippen LogP contribution in [0.3, 0.4) is 0 Å². The van der Waals surface area contributed by atoms with Crippen LogP contribution in [0.25, 0.3) is 21.7 Å². The Kier molecular flexibility index (Phi) is 4.10. The fourth-order valence-electron chi connectivity index (χ4n) is 2.38. The number of aromatic amines is 1. The highest BCUT2D eigenvalue weighted by Crippen LogP contribution is 2.28. The van der Waals surface area contributed by atoms with Crippen molar-refractivity contribution in [3.8, 4) is 11.5 Å². The van der Waals surface area contributed by atoms with Crippen LogP contribution in [0.2, 0.25) is 0 Å². The van der Waals surface area contributed by atoms with Gasteiger partial charge < -0.3 is 9.40 Å². The average molecular weight is 371 g/mol. The van der Waals surface area contributed by atoms with Crippen LogP contribution in [0.15, 0.2) is 39.0 Å². The van der Waals surface area contributed by atoms with Gasteiger partial charge in [-0.2, -0.15) is 0 Å². The summed E-state index contributed by atoms with van der Waals surface area (Å²) in [5, 5.41) is 9.14. The van der Waals surface area contributed by atoms with E-state index in [2.05, 4.69) is 25.1 Å². The van der Waals surface area contributed by atoms with Gasteiger partial charge in [-0.25, -0.2) is 4.98 Å². The molecule has 4 rings (SSSR count). The molecule has 0 bridgehead atoms. The summed E-state index contributed by atoms with van der Waals surface area (Å²) in [4.78, 5) is 25.5. The summed E-state index contributed by atoms with van der Waals surface area (Å²) >= 11 is 2.87. The third kappa shape index (κ3) is 3.08. The molecule has 9 heteroatoms. The third-order valence-electron chi connectivity index (χ3n) is 3.75. The summed E-state index contributed by atoms with van der Waals surface area (Å²) in [5.74, 6) is 1.47. The zero-order valence-electron chi connectivity index (χ0n) is 13.4. The van der Waals surface area contributed by atoms with Crippen molar-refractivity contribution in [3.63, 3.8) is 0 Å². The van der Waals surface area contributed by atoms with Crippen molar-refractivity contribution >= 4 is 33.3 Å². The normalized spacial score (nSPS) is 11.3. The zero-order chi connectivity index (χ0) is 17.4. The summed E-state index contributed by atoms with van der Waals surface area (Å²) in [6.45, 7) is 3.94. The van der Waals surface area contributed by atoms with Gasteiger partial charge in [-0.3, -0.25) is 9.78 Å². The van der Waals surface area contributed by atoms with Crippen molar-refractivity contribution in [2.75, 3.05) is 0 Å². The Morgan fingerprint density at radius 2 is 2.04 bits per heavy atom. The van der Waals surface area contributed by atoms with Gasteiger partial charge in [0.25, 0.3) is 10.8 Å². The van der Waals surface area contributed by atoms with Gasteiger partial charge >= 0.3 is 0 Å². The highest BCUT2D eigenvalue weighted by Gasteiger charge is 2.13. The van der Waals surface area contributed by atoms with Gasteiger partial charge in [0.05, 0.1) is 11.1 Å². The topological polar surface area (TPSA) is 97.6 Å². The molecule has 4 aromatic rings. The lowest BCUT2D eigenvalue weighted by Gasteiger charge is -1.98. The first kappa shape index (κ1) is 16.0. The van der Waals surface area contributed by atoms with Crippen LogP contribution in [0.1, 0.15) is 16.3 Å². The first-order chi connectivity index (χ1) is 12.1. The molecule has 126 valence electrons. The number of thioether (sulfide) groups is 1. The number of nitrogens with zero attached hydrogens (tertiary/aromatic N) is 4. The Balaban J connectivity index is 1.55. The highest BCUT2D eigenvalue weighted by molar-refractivity contribution is 7.98. The lowest BCUT2D eigenvalue weighted by Crippen LogP contribution is -2.10. The van der Waals surface area contributed by atoms with E-state index in [9.17, 15) is 4.79 Å². The molecular weight excluding hydrogens is 358 g/mol. The summed E-state index contributed by atoms with van der Waals surface area (Å²) in [6.07, 6.45) is 3.34. The Morgan fingerprint density at radius 3 is 2.84 bits per heavy atom. The van der Waals surface area contributed by atoms with Gasteiger partial charge in [-0.15, -0.1) is 21.5 Å². The molecule has 4 aromatic heterocycles. The summed E-state index contributed by atoms with van der Waals surface area (Å²) in [6, 6.07) is 3.60. The molecule has 0 aliphatic rings. The summed E-state index contributed by atoms with van der Waals surface area (Å²) < 4.78 is 5.63. The van der Waals surface area contributed by atoms with E-state index in [0.717, 1.165) is 20.8 Å². The Morgan fingerprint density at radius 1 is 1.24 bits per heavy atom. The van der Waals surface area contributed by atoms with Gasteiger partial charge in [0.1, 0.15) is 10.7 Å². The minimum atomic E-state index is -0.106. The van der Waals surface area contributed by atoms with Gasteiger partial charge in [0, 0.05) is 22.8 Å². The number of nitrogens with one attached hydrogen (secondary N) is 1. The molecule has 25 heavy (non-hydrogen) atoms. The monoisotopic (exact) mass is 371 g/mol. The molecule has 0 radical (unpaired) electrons. The first-order valence-electron chi connectivity index (χ1n) is 7.47. The highest BCUT2D eigenvalue weighted by atomic mass is 32.2. The average Bonchev–Trinajstić information content (AvgIpc) is 3.19. The second-order valence-electron chi connectivity index (χ2n) is 5.37. The van der Waals surface area contributed by atoms with Crippen LogP contribution < -0.4 is 5.56 Å². The Hall–Kier alpha value is -2.52. The van der Waals surface area contributed by atoms with Crippen molar-refractivity contribution in [1.82, 2.24) is 25.1 Å². The number of thiophene rings is 1. The quantitative estimate of drug-likeness (QED) is 0.549. The van der Waals surface area contributed by atoms with E-state index >= 15 is 0 Å². The second kappa shape index (κ2) is 6.41. The van der Waals surface area contributed by atoms with E-state index < -0.39 is 0 Å². The van der Waals surface area contributed by atoms with Crippen molar-refractivity contribution in [3.05, 3.63) is 51.1 Å². The molecule has 7 nitrogen and oxygen atoms in total. The van der Waals surface area contributed by atoms with Crippen LogP contribution in [0, 0.1) is 13.8 Å². The predicted molar refractivity (Wildman–Crippen MR) is 96.8 cm³/mol. The number of fused-ring (bicyclic) bond motifs is 1. The largest absolute Gasteiger partial charge is 0.411 e. The molecule has 1 N–H and O–H groups in total. The van der Waals surface area contributed by atoms with Crippen molar-refractivity contribution in [1.29, 1.82) is 0 Å². The molecule has 0 aromatic carbocycles. The molecule has 0 saturated carbocycles. The molecule has 0 saturated heterocycles. The summed E-state index contributed by atoms with van der Waals surface area (Å²) in [7, 11) is 0. The van der Waals surface area contributed by atoms with E-state index in [-0.39, 0.29) is 5.56 Å².